The number of nitrogens with one attached hydrogen (secondary N) is 1. The van der Waals surface area contributed by atoms with Crippen molar-refractivity contribution >= 4 is 52.2 Å². The SMILES string of the molecule is O=C(CN1C(=O)S/C(=C/c2ccncc2)C1=O)Nc1ccc(F)c(Cl)c1. The fourth-order valence-electron chi connectivity index (χ4n) is 2.17. The number of hydrogen-bond acceptors (Lipinski definition) is 5. The van der Waals surface area contributed by atoms with E-state index in [1.807, 2.05) is 0 Å². The number of aromatic nitrogens is 1. The van der Waals surface area contributed by atoms with Gasteiger partial charge in [0.2, 0.25) is 5.91 Å². The van der Waals surface area contributed by atoms with Gasteiger partial charge in [-0.1, -0.05) is 11.6 Å². The molecule has 3 rings (SSSR count). The maximum Gasteiger partial charge on any atom is 0.294 e. The summed E-state index contributed by atoms with van der Waals surface area (Å²) in [5.74, 6) is -1.76. The zero-order chi connectivity index (χ0) is 18.7. The molecular weight excluding hydrogens is 381 g/mol. The van der Waals surface area contributed by atoms with Crippen molar-refractivity contribution in [3.05, 3.63) is 64.0 Å². The molecule has 1 aliphatic heterocycles. The van der Waals surface area contributed by atoms with E-state index in [2.05, 4.69) is 10.3 Å². The number of amides is 3. The number of benzene rings is 1. The second-order valence-corrected chi connectivity index (χ2v) is 6.63. The molecule has 2 aromatic rings. The number of halogens is 2. The summed E-state index contributed by atoms with van der Waals surface area (Å²) in [5, 5.41) is 1.79. The first kappa shape index (κ1) is 18.1. The van der Waals surface area contributed by atoms with E-state index >= 15 is 0 Å². The molecule has 0 bridgehead atoms. The van der Waals surface area contributed by atoms with Crippen LogP contribution >= 0.6 is 23.4 Å². The van der Waals surface area contributed by atoms with E-state index in [0.717, 1.165) is 28.3 Å². The van der Waals surface area contributed by atoms with Crippen LogP contribution in [0.25, 0.3) is 6.08 Å². The minimum Gasteiger partial charge on any atom is -0.324 e. The molecule has 1 aromatic carbocycles. The molecule has 1 aromatic heterocycles. The fraction of sp³-hybridized carbons (Fsp3) is 0.0588. The van der Waals surface area contributed by atoms with Crippen molar-refractivity contribution in [2.75, 3.05) is 11.9 Å². The molecule has 1 aliphatic rings. The Morgan fingerprint density at radius 3 is 2.69 bits per heavy atom. The number of rotatable bonds is 4. The predicted octanol–water partition coefficient (Wildman–Crippen LogP) is 3.55. The molecule has 6 nitrogen and oxygen atoms in total. The van der Waals surface area contributed by atoms with Crippen LogP contribution in [0.3, 0.4) is 0 Å². The highest BCUT2D eigenvalue weighted by Crippen LogP contribution is 2.32. The third-order valence-corrected chi connectivity index (χ3v) is 4.58. The number of hydrogen-bond donors (Lipinski definition) is 1. The van der Waals surface area contributed by atoms with Crippen LogP contribution in [0.2, 0.25) is 5.02 Å². The zero-order valence-electron chi connectivity index (χ0n) is 13.1. The topological polar surface area (TPSA) is 79.4 Å². The Hall–Kier alpha value is -2.71. The number of imide groups is 1. The largest absolute Gasteiger partial charge is 0.324 e. The van der Waals surface area contributed by atoms with Crippen molar-refractivity contribution < 1.29 is 18.8 Å². The second-order valence-electron chi connectivity index (χ2n) is 5.23. The van der Waals surface area contributed by atoms with E-state index in [1.54, 1.807) is 30.6 Å². The van der Waals surface area contributed by atoms with Crippen LogP contribution in [0, 0.1) is 5.82 Å². The van der Waals surface area contributed by atoms with Crippen LogP contribution in [-0.4, -0.2) is 33.5 Å². The van der Waals surface area contributed by atoms with Gasteiger partial charge in [-0.3, -0.25) is 24.3 Å². The molecule has 0 aliphatic carbocycles. The average molecular weight is 392 g/mol. The Kier molecular flexibility index (Phi) is 5.34. The van der Waals surface area contributed by atoms with Gasteiger partial charge in [0.25, 0.3) is 11.1 Å². The van der Waals surface area contributed by atoms with Gasteiger partial charge in [0.1, 0.15) is 12.4 Å². The lowest BCUT2D eigenvalue weighted by molar-refractivity contribution is -0.127. The summed E-state index contributed by atoms with van der Waals surface area (Å²) in [6.07, 6.45) is 4.69. The van der Waals surface area contributed by atoms with E-state index in [1.165, 1.54) is 12.1 Å². The molecule has 1 fully saturated rings. The first-order valence-electron chi connectivity index (χ1n) is 7.34. The summed E-state index contributed by atoms with van der Waals surface area (Å²) in [6, 6.07) is 7.07. The maximum absolute atomic E-state index is 13.1. The van der Waals surface area contributed by atoms with Gasteiger partial charge in [-0.05, 0) is 53.7 Å². The smallest absolute Gasteiger partial charge is 0.294 e. The maximum atomic E-state index is 13.1. The van der Waals surface area contributed by atoms with Crippen LogP contribution in [0.1, 0.15) is 5.56 Å². The van der Waals surface area contributed by atoms with Gasteiger partial charge in [-0.2, -0.15) is 0 Å². The van der Waals surface area contributed by atoms with Crippen molar-refractivity contribution in [3.63, 3.8) is 0 Å². The Labute approximate surface area is 157 Å². The van der Waals surface area contributed by atoms with Gasteiger partial charge < -0.3 is 5.32 Å². The van der Waals surface area contributed by atoms with Crippen molar-refractivity contribution in [2.45, 2.75) is 0 Å². The molecule has 1 saturated heterocycles. The summed E-state index contributed by atoms with van der Waals surface area (Å²) in [5.41, 5.74) is 0.983. The van der Waals surface area contributed by atoms with Gasteiger partial charge in [-0.15, -0.1) is 0 Å². The van der Waals surface area contributed by atoms with Crippen molar-refractivity contribution in [3.8, 4) is 0 Å². The summed E-state index contributed by atoms with van der Waals surface area (Å²) in [7, 11) is 0. The Balaban J connectivity index is 1.68. The normalized spacial score (nSPS) is 15.6. The zero-order valence-corrected chi connectivity index (χ0v) is 14.7. The third-order valence-electron chi connectivity index (χ3n) is 3.38. The van der Waals surface area contributed by atoms with E-state index < -0.39 is 29.4 Å². The standard InChI is InChI=1S/C17H11ClFN3O3S/c18-12-8-11(1-2-13(12)19)21-15(23)9-22-16(24)14(26-17(22)25)7-10-3-5-20-6-4-10/h1-8H,9H2,(H,21,23)/b14-7+. The van der Waals surface area contributed by atoms with Gasteiger partial charge in [-0.25, -0.2) is 4.39 Å². The minimum absolute atomic E-state index is 0.144. The fourth-order valence-corrected chi connectivity index (χ4v) is 3.18. The Bertz CT molecular complexity index is 921. The van der Waals surface area contributed by atoms with Crippen molar-refractivity contribution in [1.29, 1.82) is 0 Å². The second kappa shape index (κ2) is 7.67. The highest BCUT2D eigenvalue weighted by atomic mass is 35.5. The van der Waals surface area contributed by atoms with Crippen LogP contribution < -0.4 is 5.32 Å². The van der Waals surface area contributed by atoms with Crippen molar-refractivity contribution in [2.24, 2.45) is 0 Å². The lowest BCUT2D eigenvalue weighted by Crippen LogP contribution is -2.36. The van der Waals surface area contributed by atoms with Crippen molar-refractivity contribution in [1.82, 2.24) is 9.88 Å². The molecule has 0 unspecified atom stereocenters. The van der Waals surface area contributed by atoms with Crippen LogP contribution in [0.5, 0.6) is 0 Å². The monoisotopic (exact) mass is 391 g/mol. The predicted molar refractivity (Wildman–Crippen MR) is 97.0 cm³/mol. The minimum atomic E-state index is -0.614. The molecular formula is C17H11ClFN3O3S. The number of carbonyl (C=O) groups excluding carboxylic acids is 3. The number of carbonyl (C=O) groups is 3. The highest BCUT2D eigenvalue weighted by Gasteiger charge is 2.36. The average Bonchev–Trinajstić information content (AvgIpc) is 2.86. The van der Waals surface area contributed by atoms with E-state index in [-0.39, 0.29) is 15.6 Å². The number of nitrogens with zero attached hydrogens (tertiary/aromatic N) is 2. The molecule has 0 saturated carbocycles. The molecule has 26 heavy (non-hydrogen) atoms. The first-order chi connectivity index (χ1) is 12.4. The highest BCUT2D eigenvalue weighted by molar-refractivity contribution is 8.18. The quantitative estimate of drug-likeness (QED) is 0.806. The summed E-state index contributed by atoms with van der Waals surface area (Å²) in [4.78, 5) is 41.4. The lowest BCUT2D eigenvalue weighted by Gasteiger charge is -2.12. The van der Waals surface area contributed by atoms with E-state index in [0.29, 0.717) is 0 Å². The molecule has 3 amide bonds. The van der Waals surface area contributed by atoms with E-state index in [9.17, 15) is 18.8 Å². The molecule has 0 spiro atoms. The van der Waals surface area contributed by atoms with Crippen LogP contribution in [0.15, 0.2) is 47.6 Å². The van der Waals surface area contributed by atoms with Gasteiger partial charge >= 0.3 is 0 Å². The van der Waals surface area contributed by atoms with Gasteiger partial charge in [0.05, 0.1) is 9.93 Å². The third kappa shape index (κ3) is 4.09. The Morgan fingerprint density at radius 2 is 2.00 bits per heavy atom. The number of pyridine rings is 1. The van der Waals surface area contributed by atoms with E-state index in [4.69, 9.17) is 11.6 Å². The molecule has 132 valence electrons. The first-order valence-corrected chi connectivity index (χ1v) is 8.54. The summed E-state index contributed by atoms with van der Waals surface area (Å²) >= 11 is 6.41. The number of thioether (sulfide) groups is 1. The van der Waals surface area contributed by atoms with Gasteiger partial charge in [0, 0.05) is 18.1 Å². The molecule has 2 heterocycles. The number of anilines is 1. The van der Waals surface area contributed by atoms with Gasteiger partial charge in [0.15, 0.2) is 0 Å². The molecule has 1 N–H and O–H groups in total. The molecule has 0 atom stereocenters. The van der Waals surface area contributed by atoms with Crippen LogP contribution in [0.4, 0.5) is 14.9 Å². The molecule has 0 radical (unpaired) electrons. The summed E-state index contributed by atoms with van der Waals surface area (Å²) in [6.45, 7) is -0.451. The Morgan fingerprint density at radius 1 is 1.27 bits per heavy atom. The van der Waals surface area contributed by atoms with Crippen LogP contribution in [-0.2, 0) is 9.59 Å². The molecule has 9 heteroatoms. The lowest BCUT2D eigenvalue weighted by atomic mass is 10.2. The summed E-state index contributed by atoms with van der Waals surface area (Å²) < 4.78 is 13.1.